The average Bonchev–Trinajstić information content (AvgIpc) is 2.99. The molecule has 152 valence electrons. The molecule has 6 heteroatoms. The molecule has 3 rings (SSSR count). The molecule has 0 aliphatic carbocycles. The number of carbonyl (C=O) groups excluding carboxylic acids is 2. The number of nitrogens with zero attached hydrogens (tertiary/aromatic N) is 1. The normalized spacial score (nSPS) is 12.7. The molecule has 0 atom stereocenters. The quantitative estimate of drug-likeness (QED) is 0.705. The van der Waals surface area contributed by atoms with Gasteiger partial charge in [-0.3, -0.25) is 9.59 Å². The zero-order chi connectivity index (χ0) is 20.8. The van der Waals surface area contributed by atoms with Gasteiger partial charge in [0.05, 0.1) is 13.7 Å². The SMILES string of the molecule is C=C1c2ccccc2C(=O)N1CCC(=O)NCc1ccc(OCCC)c(OC)c1. The van der Waals surface area contributed by atoms with E-state index in [-0.39, 0.29) is 18.2 Å². The van der Waals surface area contributed by atoms with Gasteiger partial charge in [0.2, 0.25) is 5.91 Å². The smallest absolute Gasteiger partial charge is 0.258 e. The summed E-state index contributed by atoms with van der Waals surface area (Å²) >= 11 is 0. The Morgan fingerprint density at radius 2 is 1.90 bits per heavy atom. The lowest BCUT2D eigenvalue weighted by molar-refractivity contribution is -0.121. The van der Waals surface area contributed by atoms with Gasteiger partial charge in [0, 0.05) is 36.3 Å². The third-order valence-electron chi connectivity index (χ3n) is 4.78. The summed E-state index contributed by atoms with van der Waals surface area (Å²) in [6, 6.07) is 13.0. The second kappa shape index (κ2) is 9.28. The molecule has 0 bridgehead atoms. The van der Waals surface area contributed by atoms with E-state index in [1.165, 1.54) is 0 Å². The van der Waals surface area contributed by atoms with E-state index in [1.54, 1.807) is 18.1 Å². The lowest BCUT2D eigenvalue weighted by Crippen LogP contribution is -2.30. The first-order valence-electron chi connectivity index (χ1n) is 9.71. The van der Waals surface area contributed by atoms with Crippen LogP contribution in [0.2, 0.25) is 0 Å². The highest BCUT2D eigenvalue weighted by Gasteiger charge is 2.30. The maximum Gasteiger partial charge on any atom is 0.258 e. The molecule has 6 nitrogen and oxygen atoms in total. The number of carbonyl (C=O) groups is 2. The van der Waals surface area contributed by atoms with Crippen LogP contribution in [0.15, 0.2) is 49.0 Å². The van der Waals surface area contributed by atoms with Crippen molar-refractivity contribution >= 4 is 17.5 Å². The van der Waals surface area contributed by atoms with Crippen LogP contribution in [0, 0.1) is 0 Å². The lowest BCUT2D eigenvalue weighted by atomic mass is 10.1. The maximum atomic E-state index is 12.5. The van der Waals surface area contributed by atoms with Gasteiger partial charge in [-0.2, -0.15) is 0 Å². The third-order valence-corrected chi connectivity index (χ3v) is 4.78. The average molecular weight is 394 g/mol. The fraction of sp³-hybridized carbons (Fsp3) is 0.304. The number of amides is 2. The van der Waals surface area contributed by atoms with Crippen LogP contribution in [0.25, 0.3) is 5.70 Å². The number of hydrogen-bond acceptors (Lipinski definition) is 4. The van der Waals surface area contributed by atoms with Crippen LogP contribution in [0.5, 0.6) is 11.5 Å². The largest absolute Gasteiger partial charge is 0.493 e. The second-order valence-electron chi connectivity index (χ2n) is 6.81. The molecule has 2 amide bonds. The van der Waals surface area contributed by atoms with E-state index in [9.17, 15) is 9.59 Å². The number of nitrogens with one attached hydrogen (secondary N) is 1. The highest BCUT2D eigenvalue weighted by atomic mass is 16.5. The second-order valence-corrected chi connectivity index (χ2v) is 6.81. The van der Waals surface area contributed by atoms with E-state index < -0.39 is 0 Å². The third kappa shape index (κ3) is 4.59. The minimum absolute atomic E-state index is 0.106. The highest BCUT2D eigenvalue weighted by Crippen LogP contribution is 2.31. The Morgan fingerprint density at radius 3 is 2.59 bits per heavy atom. The number of ether oxygens (including phenoxy) is 2. The van der Waals surface area contributed by atoms with Crippen LogP contribution in [-0.4, -0.2) is 37.0 Å². The number of methoxy groups -OCH3 is 1. The molecule has 1 aliphatic heterocycles. The van der Waals surface area contributed by atoms with Crippen LogP contribution in [0.1, 0.15) is 41.3 Å². The summed E-state index contributed by atoms with van der Waals surface area (Å²) in [6.45, 7) is 7.33. The van der Waals surface area contributed by atoms with Gasteiger partial charge < -0.3 is 19.7 Å². The van der Waals surface area contributed by atoms with Crippen molar-refractivity contribution in [1.82, 2.24) is 10.2 Å². The molecule has 0 radical (unpaired) electrons. The fourth-order valence-corrected chi connectivity index (χ4v) is 3.23. The van der Waals surface area contributed by atoms with Crippen molar-refractivity contribution < 1.29 is 19.1 Å². The van der Waals surface area contributed by atoms with Gasteiger partial charge in [-0.25, -0.2) is 0 Å². The first-order chi connectivity index (χ1) is 14.0. The molecule has 0 aromatic heterocycles. The number of rotatable bonds is 9. The molecule has 1 aliphatic rings. The van der Waals surface area contributed by atoms with E-state index in [2.05, 4.69) is 11.9 Å². The molecule has 0 saturated heterocycles. The van der Waals surface area contributed by atoms with Crippen molar-refractivity contribution in [3.05, 3.63) is 65.7 Å². The van der Waals surface area contributed by atoms with Crippen molar-refractivity contribution in [3.63, 3.8) is 0 Å². The van der Waals surface area contributed by atoms with E-state index in [0.717, 1.165) is 17.5 Å². The predicted octanol–water partition coefficient (Wildman–Crippen LogP) is 3.62. The predicted molar refractivity (Wildman–Crippen MR) is 112 cm³/mol. The summed E-state index contributed by atoms with van der Waals surface area (Å²) in [5, 5.41) is 2.88. The van der Waals surface area contributed by atoms with Gasteiger partial charge >= 0.3 is 0 Å². The summed E-state index contributed by atoms with van der Waals surface area (Å²) in [7, 11) is 1.59. The number of fused-ring (bicyclic) bond motifs is 1. The molecule has 1 N–H and O–H groups in total. The van der Waals surface area contributed by atoms with Crippen LogP contribution >= 0.6 is 0 Å². The van der Waals surface area contributed by atoms with Crippen molar-refractivity contribution in [1.29, 1.82) is 0 Å². The first-order valence-corrected chi connectivity index (χ1v) is 9.71. The Bertz CT molecular complexity index is 888. The van der Waals surface area contributed by atoms with Gasteiger partial charge in [0.15, 0.2) is 11.5 Å². The molecule has 0 unspecified atom stereocenters. The van der Waals surface area contributed by atoms with Crippen LogP contribution in [-0.2, 0) is 11.3 Å². The monoisotopic (exact) mass is 394 g/mol. The van der Waals surface area contributed by atoms with Gasteiger partial charge in [-0.15, -0.1) is 0 Å². The summed E-state index contributed by atoms with van der Waals surface area (Å²) in [4.78, 5) is 26.3. The molecule has 1 heterocycles. The minimum Gasteiger partial charge on any atom is -0.493 e. The molecular formula is C23H26N2O4. The summed E-state index contributed by atoms with van der Waals surface area (Å²) < 4.78 is 11.0. The van der Waals surface area contributed by atoms with Crippen molar-refractivity contribution in [3.8, 4) is 11.5 Å². The summed E-state index contributed by atoms with van der Waals surface area (Å²) in [5.74, 6) is 1.09. The molecule has 0 fully saturated rings. The molecular weight excluding hydrogens is 368 g/mol. The topological polar surface area (TPSA) is 67.9 Å². The van der Waals surface area contributed by atoms with Gasteiger partial charge in [0.1, 0.15) is 0 Å². The Kier molecular flexibility index (Phi) is 6.54. The van der Waals surface area contributed by atoms with Crippen LogP contribution in [0.3, 0.4) is 0 Å². The molecule has 2 aromatic carbocycles. The first kappa shape index (κ1) is 20.5. The van der Waals surface area contributed by atoms with Gasteiger partial charge in [0.25, 0.3) is 5.91 Å². The maximum absolute atomic E-state index is 12.5. The Morgan fingerprint density at radius 1 is 1.14 bits per heavy atom. The molecule has 29 heavy (non-hydrogen) atoms. The molecule has 0 saturated carbocycles. The Labute approximate surface area is 171 Å². The van der Waals surface area contributed by atoms with E-state index in [0.29, 0.717) is 42.5 Å². The molecule has 0 spiro atoms. The van der Waals surface area contributed by atoms with Crippen molar-refractivity contribution in [2.45, 2.75) is 26.3 Å². The lowest BCUT2D eigenvalue weighted by Gasteiger charge is -2.17. The van der Waals surface area contributed by atoms with E-state index in [4.69, 9.17) is 9.47 Å². The Hall–Kier alpha value is -3.28. The number of benzene rings is 2. The highest BCUT2D eigenvalue weighted by molar-refractivity contribution is 6.08. The van der Waals surface area contributed by atoms with E-state index >= 15 is 0 Å². The fourth-order valence-electron chi connectivity index (χ4n) is 3.23. The van der Waals surface area contributed by atoms with Crippen molar-refractivity contribution in [2.75, 3.05) is 20.3 Å². The van der Waals surface area contributed by atoms with Crippen LogP contribution in [0.4, 0.5) is 0 Å². The summed E-state index contributed by atoms with van der Waals surface area (Å²) in [5.41, 5.74) is 3.02. The minimum atomic E-state index is -0.133. The Balaban J connectivity index is 1.52. The number of hydrogen-bond donors (Lipinski definition) is 1. The van der Waals surface area contributed by atoms with Gasteiger partial charge in [-0.1, -0.05) is 37.8 Å². The van der Waals surface area contributed by atoms with Gasteiger partial charge in [-0.05, 0) is 30.2 Å². The standard InChI is InChI=1S/C23H26N2O4/c1-4-13-29-20-10-9-17(14-21(20)28-3)15-24-22(26)11-12-25-16(2)18-7-5-6-8-19(18)23(25)27/h5-10,14H,2,4,11-13,15H2,1,3H3,(H,24,26). The summed E-state index contributed by atoms with van der Waals surface area (Å²) in [6.07, 6.45) is 1.12. The van der Waals surface area contributed by atoms with Crippen molar-refractivity contribution in [2.24, 2.45) is 0 Å². The zero-order valence-electron chi connectivity index (χ0n) is 16.9. The zero-order valence-corrected chi connectivity index (χ0v) is 16.9. The molecule has 2 aromatic rings. The van der Waals surface area contributed by atoms with Crippen LogP contribution < -0.4 is 14.8 Å². The van der Waals surface area contributed by atoms with E-state index in [1.807, 2.05) is 43.3 Å².